The highest BCUT2D eigenvalue weighted by Crippen LogP contribution is 2.16. The first-order chi connectivity index (χ1) is 7.54. The summed E-state index contributed by atoms with van der Waals surface area (Å²) < 4.78 is 5.41. The number of benzene rings is 1. The first-order valence-electron chi connectivity index (χ1n) is 5.14. The number of aliphatic carboxylic acids is 1. The summed E-state index contributed by atoms with van der Waals surface area (Å²) in [4.78, 5) is 10.7. The molecule has 0 aliphatic rings. The first-order valence-corrected chi connectivity index (χ1v) is 5.14. The van der Waals surface area contributed by atoms with E-state index in [0.29, 0.717) is 5.75 Å². The van der Waals surface area contributed by atoms with Gasteiger partial charge in [-0.15, -0.1) is 0 Å². The van der Waals surface area contributed by atoms with Gasteiger partial charge in [0, 0.05) is 0 Å². The van der Waals surface area contributed by atoms with Crippen LogP contribution in [-0.4, -0.2) is 30.8 Å². The van der Waals surface area contributed by atoms with Crippen molar-refractivity contribution in [3.63, 3.8) is 0 Å². The van der Waals surface area contributed by atoms with Crippen LogP contribution in [0.2, 0.25) is 0 Å². The van der Waals surface area contributed by atoms with Gasteiger partial charge in [-0.3, -0.25) is 4.79 Å². The molecule has 1 rings (SSSR count). The van der Waals surface area contributed by atoms with Gasteiger partial charge in [-0.05, 0) is 44.2 Å². The molecule has 0 saturated heterocycles. The van der Waals surface area contributed by atoms with E-state index < -0.39 is 12.0 Å². The quantitative estimate of drug-likeness (QED) is 0.791. The van der Waals surface area contributed by atoms with Crippen LogP contribution >= 0.6 is 0 Å². The molecule has 0 bridgehead atoms. The van der Waals surface area contributed by atoms with E-state index in [1.165, 1.54) is 5.56 Å². The standard InChI is InChI=1S/C12H17NO3/c1-8-4-5-10(6-9(8)2)16-7-11(13-3)12(14)15/h4-6,11,13H,7H2,1-3H3,(H,14,15). The Hall–Kier alpha value is -1.55. The maximum Gasteiger partial charge on any atom is 0.324 e. The number of likely N-dealkylation sites (N-methyl/N-ethyl adjacent to an activating group) is 1. The zero-order chi connectivity index (χ0) is 12.1. The second kappa shape index (κ2) is 5.51. The summed E-state index contributed by atoms with van der Waals surface area (Å²) in [6, 6.07) is 5.03. The largest absolute Gasteiger partial charge is 0.491 e. The molecule has 1 unspecified atom stereocenters. The monoisotopic (exact) mass is 223 g/mol. The molecule has 0 spiro atoms. The van der Waals surface area contributed by atoms with Crippen molar-refractivity contribution in [2.75, 3.05) is 13.7 Å². The SMILES string of the molecule is CNC(COc1ccc(C)c(C)c1)C(=O)O. The minimum atomic E-state index is -0.911. The number of hydrogen-bond donors (Lipinski definition) is 2. The van der Waals surface area contributed by atoms with E-state index in [-0.39, 0.29) is 6.61 Å². The molecule has 0 fully saturated rings. The summed E-state index contributed by atoms with van der Waals surface area (Å²) in [6.45, 7) is 4.13. The molecule has 2 N–H and O–H groups in total. The molecule has 16 heavy (non-hydrogen) atoms. The van der Waals surface area contributed by atoms with Crippen LogP contribution < -0.4 is 10.1 Å². The number of nitrogens with one attached hydrogen (secondary N) is 1. The normalized spacial score (nSPS) is 12.2. The minimum Gasteiger partial charge on any atom is -0.491 e. The Labute approximate surface area is 95.2 Å². The first kappa shape index (κ1) is 12.5. The lowest BCUT2D eigenvalue weighted by Gasteiger charge is -2.13. The molecule has 88 valence electrons. The lowest BCUT2D eigenvalue weighted by molar-refractivity contribution is -0.140. The summed E-state index contributed by atoms with van der Waals surface area (Å²) in [6.07, 6.45) is 0. The molecule has 0 saturated carbocycles. The lowest BCUT2D eigenvalue weighted by atomic mass is 10.1. The molecular weight excluding hydrogens is 206 g/mol. The zero-order valence-electron chi connectivity index (χ0n) is 9.78. The fraction of sp³-hybridized carbons (Fsp3) is 0.417. The summed E-state index contributed by atoms with van der Waals surface area (Å²) in [7, 11) is 1.60. The van der Waals surface area contributed by atoms with Crippen LogP contribution in [0.3, 0.4) is 0 Å². The molecule has 0 heterocycles. The van der Waals surface area contributed by atoms with Gasteiger partial charge >= 0.3 is 5.97 Å². The molecule has 1 atom stereocenters. The van der Waals surface area contributed by atoms with Crippen molar-refractivity contribution in [3.8, 4) is 5.75 Å². The highest BCUT2D eigenvalue weighted by molar-refractivity contribution is 5.73. The Kier molecular flexibility index (Phi) is 4.31. The zero-order valence-corrected chi connectivity index (χ0v) is 9.78. The molecule has 0 aliphatic carbocycles. The highest BCUT2D eigenvalue weighted by atomic mass is 16.5. The van der Waals surface area contributed by atoms with Crippen LogP contribution in [0.25, 0.3) is 0 Å². The molecule has 1 aromatic rings. The Balaban J connectivity index is 2.60. The van der Waals surface area contributed by atoms with Gasteiger partial charge in [0.15, 0.2) is 0 Å². The van der Waals surface area contributed by atoms with Crippen LogP contribution in [0.4, 0.5) is 0 Å². The van der Waals surface area contributed by atoms with Crippen LogP contribution in [-0.2, 0) is 4.79 Å². The van der Waals surface area contributed by atoms with E-state index in [1.54, 1.807) is 7.05 Å². The Morgan fingerprint density at radius 2 is 2.12 bits per heavy atom. The van der Waals surface area contributed by atoms with Crippen LogP contribution in [0, 0.1) is 13.8 Å². The number of carboxylic acids is 1. The van der Waals surface area contributed by atoms with Crippen molar-refractivity contribution in [1.82, 2.24) is 5.32 Å². The molecule has 0 amide bonds. The summed E-state index contributed by atoms with van der Waals surface area (Å²) in [5.41, 5.74) is 2.32. The topological polar surface area (TPSA) is 58.6 Å². The summed E-state index contributed by atoms with van der Waals surface area (Å²) in [5.74, 6) is -0.212. The van der Waals surface area contributed by atoms with Crippen LogP contribution in [0.15, 0.2) is 18.2 Å². The number of carbonyl (C=O) groups is 1. The minimum absolute atomic E-state index is 0.119. The number of carboxylic acid groups (broad SMARTS) is 1. The van der Waals surface area contributed by atoms with Gasteiger partial charge < -0.3 is 15.2 Å². The smallest absolute Gasteiger partial charge is 0.324 e. The molecule has 4 nitrogen and oxygen atoms in total. The van der Waals surface area contributed by atoms with Crippen molar-refractivity contribution in [2.45, 2.75) is 19.9 Å². The Bertz CT molecular complexity index is 377. The van der Waals surface area contributed by atoms with Crippen molar-refractivity contribution >= 4 is 5.97 Å². The Morgan fingerprint density at radius 3 is 2.62 bits per heavy atom. The van der Waals surface area contributed by atoms with Crippen molar-refractivity contribution in [2.24, 2.45) is 0 Å². The van der Waals surface area contributed by atoms with Gasteiger partial charge in [0.05, 0.1) is 0 Å². The predicted molar refractivity (Wildman–Crippen MR) is 61.9 cm³/mol. The molecule has 4 heteroatoms. The summed E-state index contributed by atoms with van der Waals surface area (Å²) in [5, 5.41) is 11.5. The number of hydrogen-bond acceptors (Lipinski definition) is 3. The van der Waals surface area contributed by atoms with Crippen molar-refractivity contribution in [1.29, 1.82) is 0 Å². The van der Waals surface area contributed by atoms with Crippen molar-refractivity contribution in [3.05, 3.63) is 29.3 Å². The fourth-order valence-electron chi connectivity index (χ4n) is 1.26. The third-order valence-electron chi connectivity index (χ3n) is 2.54. The number of aryl methyl sites for hydroxylation is 2. The second-order valence-electron chi connectivity index (χ2n) is 3.74. The number of rotatable bonds is 5. The molecule has 1 aromatic carbocycles. The maximum absolute atomic E-state index is 10.7. The van der Waals surface area contributed by atoms with Gasteiger partial charge in [0.25, 0.3) is 0 Å². The second-order valence-corrected chi connectivity index (χ2v) is 3.74. The lowest BCUT2D eigenvalue weighted by Crippen LogP contribution is -2.39. The number of ether oxygens (including phenoxy) is 1. The van der Waals surface area contributed by atoms with Gasteiger partial charge in [-0.25, -0.2) is 0 Å². The predicted octanol–water partition coefficient (Wildman–Crippen LogP) is 1.35. The third kappa shape index (κ3) is 3.24. The van der Waals surface area contributed by atoms with Gasteiger partial charge in [0.1, 0.15) is 18.4 Å². The van der Waals surface area contributed by atoms with Gasteiger partial charge in [-0.2, -0.15) is 0 Å². The average molecular weight is 223 g/mol. The van der Waals surface area contributed by atoms with Gasteiger partial charge in [-0.1, -0.05) is 6.07 Å². The van der Waals surface area contributed by atoms with E-state index in [4.69, 9.17) is 9.84 Å². The molecule has 0 radical (unpaired) electrons. The maximum atomic E-state index is 10.7. The van der Waals surface area contributed by atoms with Crippen LogP contribution in [0.5, 0.6) is 5.75 Å². The molecule has 0 aliphatic heterocycles. The van der Waals surface area contributed by atoms with E-state index in [1.807, 2.05) is 32.0 Å². The Morgan fingerprint density at radius 1 is 1.44 bits per heavy atom. The van der Waals surface area contributed by atoms with E-state index in [9.17, 15) is 4.79 Å². The van der Waals surface area contributed by atoms with Gasteiger partial charge in [0.2, 0.25) is 0 Å². The fourth-order valence-corrected chi connectivity index (χ4v) is 1.26. The molecule has 0 aromatic heterocycles. The average Bonchev–Trinajstić information content (AvgIpc) is 2.23. The van der Waals surface area contributed by atoms with E-state index in [0.717, 1.165) is 5.56 Å². The van der Waals surface area contributed by atoms with E-state index >= 15 is 0 Å². The molecular formula is C12H17NO3. The van der Waals surface area contributed by atoms with Crippen molar-refractivity contribution < 1.29 is 14.6 Å². The van der Waals surface area contributed by atoms with Crippen LogP contribution in [0.1, 0.15) is 11.1 Å². The van der Waals surface area contributed by atoms with E-state index in [2.05, 4.69) is 5.32 Å². The highest BCUT2D eigenvalue weighted by Gasteiger charge is 2.15. The third-order valence-corrected chi connectivity index (χ3v) is 2.54. The summed E-state index contributed by atoms with van der Waals surface area (Å²) >= 11 is 0.